The van der Waals surface area contributed by atoms with Crippen LogP contribution in [0.4, 0.5) is 5.95 Å². The standard InChI is InChI=1S/C10H14BrN3O/c1-7-6-9(11)14-10(12-7)13-8-2-4-15-5-3-8/h6,8H,2-5H2,1H3,(H,12,13,14). The maximum Gasteiger partial charge on any atom is 0.224 e. The highest BCUT2D eigenvalue weighted by Crippen LogP contribution is 2.14. The summed E-state index contributed by atoms with van der Waals surface area (Å²) in [7, 11) is 0. The van der Waals surface area contributed by atoms with E-state index in [-0.39, 0.29) is 0 Å². The summed E-state index contributed by atoms with van der Waals surface area (Å²) in [5.41, 5.74) is 0.964. The molecule has 4 nitrogen and oxygen atoms in total. The van der Waals surface area contributed by atoms with Gasteiger partial charge < -0.3 is 10.1 Å². The van der Waals surface area contributed by atoms with E-state index in [1.807, 2.05) is 13.0 Å². The molecule has 1 saturated heterocycles. The lowest BCUT2D eigenvalue weighted by molar-refractivity contribution is 0.0903. The van der Waals surface area contributed by atoms with Gasteiger partial charge in [-0.05, 0) is 41.8 Å². The molecule has 1 fully saturated rings. The van der Waals surface area contributed by atoms with E-state index in [9.17, 15) is 0 Å². The van der Waals surface area contributed by atoms with Crippen molar-refractivity contribution in [2.24, 2.45) is 0 Å². The Morgan fingerprint density at radius 2 is 2.13 bits per heavy atom. The zero-order valence-corrected chi connectivity index (χ0v) is 10.2. The zero-order chi connectivity index (χ0) is 10.7. The lowest BCUT2D eigenvalue weighted by atomic mass is 10.1. The van der Waals surface area contributed by atoms with Gasteiger partial charge in [0.05, 0.1) is 0 Å². The summed E-state index contributed by atoms with van der Waals surface area (Å²) < 4.78 is 6.12. The molecule has 1 aromatic rings. The lowest BCUT2D eigenvalue weighted by Crippen LogP contribution is -2.28. The van der Waals surface area contributed by atoms with Crippen LogP contribution in [0.2, 0.25) is 0 Å². The van der Waals surface area contributed by atoms with Gasteiger partial charge in [0.1, 0.15) is 4.60 Å². The van der Waals surface area contributed by atoms with Crippen molar-refractivity contribution < 1.29 is 4.74 Å². The fourth-order valence-electron chi connectivity index (χ4n) is 1.62. The fourth-order valence-corrected chi connectivity index (χ4v) is 2.12. The van der Waals surface area contributed by atoms with E-state index < -0.39 is 0 Å². The second-order valence-corrected chi connectivity index (χ2v) is 4.50. The number of rotatable bonds is 2. The molecule has 0 amide bonds. The second-order valence-electron chi connectivity index (χ2n) is 3.69. The Morgan fingerprint density at radius 1 is 1.40 bits per heavy atom. The Bertz CT molecular complexity index is 319. The Morgan fingerprint density at radius 3 is 2.80 bits per heavy atom. The first-order chi connectivity index (χ1) is 7.24. The lowest BCUT2D eigenvalue weighted by Gasteiger charge is -2.23. The van der Waals surface area contributed by atoms with Crippen LogP contribution < -0.4 is 5.32 Å². The van der Waals surface area contributed by atoms with Crippen LogP contribution >= 0.6 is 15.9 Å². The number of nitrogens with zero attached hydrogens (tertiary/aromatic N) is 2. The summed E-state index contributed by atoms with van der Waals surface area (Å²) in [5, 5.41) is 3.33. The van der Waals surface area contributed by atoms with Gasteiger partial charge in [0.2, 0.25) is 5.95 Å². The van der Waals surface area contributed by atoms with Crippen LogP contribution in [-0.2, 0) is 4.74 Å². The van der Waals surface area contributed by atoms with Crippen molar-refractivity contribution in [3.8, 4) is 0 Å². The molecule has 2 heterocycles. The van der Waals surface area contributed by atoms with Crippen molar-refractivity contribution in [2.45, 2.75) is 25.8 Å². The molecular weight excluding hydrogens is 258 g/mol. The Kier molecular flexibility index (Phi) is 3.53. The number of hydrogen-bond acceptors (Lipinski definition) is 4. The summed E-state index contributed by atoms with van der Waals surface area (Å²) in [6.07, 6.45) is 2.05. The minimum absolute atomic E-state index is 0.437. The smallest absolute Gasteiger partial charge is 0.224 e. The van der Waals surface area contributed by atoms with Crippen LogP contribution in [0.1, 0.15) is 18.5 Å². The van der Waals surface area contributed by atoms with E-state index in [0.29, 0.717) is 12.0 Å². The van der Waals surface area contributed by atoms with Gasteiger partial charge in [-0.2, -0.15) is 0 Å². The largest absolute Gasteiger partial charge is 0.381 e. The van der Waals surface area contributed by atoms with Crippen molar-refractivity contribution in [3.63, 3.8) is 0 Å². The first kappa shape index (κ1) is 10.8. The summed E-state index contributed by atoms with van der Waals surface area (Å²) in [6.45, 7) is 3.61. The van der Waals surface area contributed by atoms with Crippen LogP contribution in [-0.4, -0.2) is 29.2 Å². The number of nitrogens with one attached hydrogen (secondary N) is 1. The van der Waals surface area contributed by atoms with Crippen molar-refractivity contribution in [1.82, 2.24) is 9.97 Å². The van der Waals surface area contributed by atoms with E-state index in [1.165, 1.54) is 0 Å². The van der Waals surface area contributed by atoms with Crippen LogP contribution in [0.5, 0.6) is 0 Å². The predicted molar refractivity (Wildman–Crippen MR) is 61.9 cm³/mol. The van der Waals surface area contributed by atoms with Gasteiger partial charge in [-0.3, -0.25) is 0 Å². The molecule has 1 N–H and O–H groups in total. The second kappa shape index (κ2) is 4.90. The molecule has 0 spiro atoms. The molecule has 0 atom stereocenters. The molecular formula is C10H14BrN3O. The Hall–Kier alpha value is -0.680. The van der Waals surface area contributed by atoms with Gasteiger partial charge in [-0.1, -0.05) is 0 Å². The third-order valence-electron chi connectivity index (χ3n) is 2.38. The molecule has 1 aliphatic heterocycles. The van der Waals surface area contributed by atoms with E-state index in [1.54, 1.807) is 0 Å². The van der Waals surface area contributed by atoms with Gasteiger partial charge in [0, 0.05) is 24.9 Å². The number of halogens is 1. The zero-order valence-electron chi connectivity index (χ0n) is 8.66. The number of ether oxygens (including phenoxy) is 1. The van der Waals surface area contributed by atoms with Crippen LogP contribution in [0.15, 0.2) is 10.7 Å². The minimum Gasteiger partial charge on any atom is -0.381 e. The van der Waals surface area contributed by atoms with Crippen molar-refractivity contribution in [2.75, 3.05) is 18.5 Å². The number of aryl methyl sites for hydroxylation is 1. The van der Waals surface area contributed by atoms with Crippen LogP contribution in [0.25, 0.3) is 0 Å². The molecule has 5 heteroatoms. The van der Waals surface area contributed by atoms with Gasteiger partial charge >= 0.3 is 0 Å². The molecule has 0 bridgehead atoms. The van der Waals surface area contributed by atoms with E-state index in [2.05, 4.69) is 31.2 Å². The third-order valence-corrected chi connectivity index (χ3v) is 2.78. The normalized spacial score (nSPS) is 17.7. The van der Waals surface area contributed by atoms with Gasteiger partial charge in [-0.15, -0.1) is 0 Å². The average Bonchev–Trinajstić information content (AvgIpc) is 2.17. The summed E-state index contributed by atoms with van der Waals surface area (Å²) in [6, 6.07) is 2.34. The molecule has 0 unspecified atom stereocenters. The first-order valence-corrected chi connectivity index (χ1v) is 5.89. The molecule has 0 saturated carbocycles. The highest BCUT2D eigenvalue weighted by Gasteiger charge is 2.14. The average molecular weight is 272 g/mol. The van der Waals surface area contributed by atoms with Gasteiger partial charge in [0.25, 0.3) is 0 Å². The molecule has 0 aromatic carbocycles. The number of anilines is 1. The maximum atomic E-state index is 5.29. The van der Waals surface area contributed by atoms with Crippen molar-refractivity contribution in [3.05, 3.63) is 16.4 Å². The summed E-state index contributed by atoms with van der Waals surface area (Å²) in [5.74, 6) is 0.703. The van der Waals surface area contributed by atoms with Crippen molar-refractivity contribution >= 4 is 21.9 Å². The Labute approximate surface area is 97.6 Å². The van der Waals surface area contributed by atoms with Gasteiger partial charge in [-0.25, -0.2) is 9.97 Å². The van der Waals surface area contributed by atoms with E-state index >= 15 is 0 Å². The van der Waals surface area contributed by atoms with Crippen LogP contribution in [0, 0.1) is 6.92 Å². The van der Waals surface area contributed by atoms with Crippen molar-refractivity contribution in [1.29, 1.82) is 0 Å². The quantitative estimate of drug-likeness (QED) is 0.838. The number of aromatic nitrogens is 2. The molecule has 2 rings (SSSR count). The first-order valence-electron chi connectivity index (χ1n) is 5.09. The monoisotopic (exact) mass is 271 g/mol. The molecule has 1 aliphatic rings. The van der Waals surface area contributed by atoms with E-state index in [4.69, 9.17) is 4.74 Å². The SMILES string of the molecule is Cc1cc(Br)nc(NC2CCOCC2)n1. The third kappa shape index (κ3) is 3.14. The topological polar surface area (TPSA) is 47.0 Å². The summed E-state index contributed by atoms with van der Waals surface area (Å²) >= 11 is 3.36. The molecule has 82 valence electrons. The van der Waals surface area contributed by atoms with Gasteiger partial charge in [0.15, 0.2) is 0 Å². The molecule has 0 aliphatic carbocycles. The highest BCUT2D eigenvalue weighted by molar-refractivity contribution is 9.10. The summed E-state index contributed by atoms with van der Waals surface area (Å²) in [4.78, 5) is 8.62. The predicted octanol–water partition coefficient (Wildman–Crippen LogP) is 2.14. The van der Waals surface area contributed by atoms with E-state index in [0.717, 1.165) is 36.4 Å². The number of hydrogen-bond donors (Lipinski definition) is 1. The minimum atomic E-state index is 0.437. The fraction of sp³-hybridized carbons (Fsp3) is 0.600. The molecule has 1 aromatic heterocycles. The molecule has 0 radical (unpaired) electrons. The van der Waals surface area contributed by atoms with Crippen LogP contribution in [0.3, 0.4) is 0 Å². The maximum absolute atomic E-state index is 5.29. The Balaban J connectivity index is 2.02. The highest BCUT2D eigenvalue weighted by atomic mass is 79.9. The molecule has 15 heavy (non-hydrogen) atoms.